The van der Waals surface area contributed by atoms with Gasteiger partial charge in [-0.2, -0.15) is 0 Å². The van der Waals surface area contributed by atoms with Crippen LogP contribution < -0.4 is 5.32 Å². The Morgan fingerprint density at radius 1 is 0.931 bits per heavy atom. The number of benzene rings is 2. The summed E-state index contributed by atoms with van der Waals surface area (Å²) in [5, 5.41) is 3.73. The van der Waals surface area contributed by atoms with Gasteiger partial charge in [0.25, 0.3) is 5.91 Å². The van der Waals surface area contributed by atoms with Gasteiger partial charge in [0.2, 0.25) is 0 Å². The Morgan fingerprint density at radius 3 is 2.31 bits per heavy atom. The zero-order valence-corrected chi connectivity index (χ0v) is 17.1. The topological polar surface area (TPSA) is 44.8 Å². The van der Waals surface area contributed by atoms with E-state index < -0.39 is 0 Å². The maximum absolute atomic E-state index is 12.5. The molecular formula is C24H31N3O2. The first-order valence-corrected chi connectivity index (χ1v) is 10.8. The lowest BCUT2D eigenvalue weighted by Crippen LogP contribution is -2.41. The van der Waals surface area contributed by atoms with Crippen molar-refractivity contribution in [2.45, 2.75) is 25.4 Å². The highest BCUT2D eigenvalue weighted by molar-refractivity contribution is 5.94. The van der Waals surface area contributed by atoms with Crippen molar-refractivity contribution in [1.82, 2.24) is 15.1 Å². The molecule has 2 aliphatic rings. The number of amides is 1. The van der Waals surface area contributed by atoms with Gasteiger partial charge in [-0.3, -0.25) is 9.69 Å². The van der Waals surface area contributed by atoms with Crippen molar-refractivity contribution >= 4 is 5.91 Å². The normalized spacial score (nSPS) is 18.7. The lowest BCUT2D eigenvalue weighted by molar-refractivity contribution is 0.0333. The second-order valence-electron chi connectivity index (χ2n) is 7.95. The highest BCUT2D eigenvalue weighted by atomic mass is 16.5. The molecule has 29 heavy (non-hydrogen) atoms. The fourth-order valence-corrected chi connectivity index (χ4v) is 4.12. The minimum absolute atomic E-state index is 0.163. The summed E-state index contributed by atoms with van der Waals surface area (Å²) in [6, 6.07) is 19.0. The van der Waals surface area contributed by atoms with E-state index >= 15 is 0 Å². The molecular weight excluding hydrogens is 362 g/mol. The number of morpholine rings is 1. The van der Waals surface area contributed by atoms with Crippen LogP contribution in [0.15, 0.2) is 54.6 Å². The van der Waals surface area contributed by atoms with Gasteiger partial charge in [-0.25, -0.2) is 0 Å². The SMILES string of the molecule is O=C(c1ccc(CN[C@@H](CN2CCOCC2)c2ccccc2)cc1)N1CCCC1. The zero-order valence-electron chi connectivity index (χ0n) is 17.1. The van der Waals surface area contributed by atoms with Crippen molar-refractivity contribution < 1.29 is 9.53 Å². The minimum atomic E-state index is 0.163. The third-order valence-electron chi connectivity index (χ3n) is 5.89. The largest absolute Gasteiger partial charge is 0.379 e. The van der Waals surface area contributed by atoms with E-state index in [-0.39, 0.29) is 11.9 Å². The third-order valence-corrected chi connectivity index (χ3v) is 5.89. The van der Waals surface area contributed by atoms with Crippen LogP contribution in [0.4, 0.5) is 0 Å². The summed E-state index contributed by atoms with van der Waals surface area (Å²) in [6.07, 6.45) is 2.25. The zero-order chi connectivity index (χ0) is 19.9. The molecule has 1 amide bonds. The monoisotopic (exact) mass is 393 g/mol. The molecule has 4 rings (SSSR count). The summed E-state index contributed by atoms with van der Waals surface area (Å²) in [5.41, 5.74) is 3.30. The third kappa shape index (κ3) is 5.44. The second-order valence-corrected chi connectivity index (χ2v) is 7.95. The molecule has 0 radical (unpaired) electrons. The second kappa shape index (κ2) is 10.0. The molecule has 0 unspecified atom stereocenters. The van der Waals surface area contributed by atoms with Crippen LogP contribution in [0.2, 0.25) is 0 Å². The van der Waals surface area contributed by atoms with Gasteiger partial charge in [-0.15, -0.1) is 0 Å². The van der Waals surface area contributed by atoms with Crippen LogP contribution in [-0.4, -0.2) is 61.6 Å². The maximum Gasteiger partial charge on any atom is 0.253 e. The van der Waals surface area contributed by atoms with Gasteiger partial charge in [0.1, 0.15) is 0 Å². The smallest absolute Gasteiger partial charge is 0.253 e. The molecule has 1 N–H and O–H groups in total. The lowest BCUT2D eigenvalue weighted by atomic mass is 10.0. The Morgan fingerprint density at radius 2 is 1.62 bits per heavy atom. The highest BCUT2D eigenvalue weighted by Crippen LogP contribution is 2.17. The van der Waals surface area contributed by atoms with Crippen molar-refractivity contribution in [3.63, 3.8) is 0 Å². The molecule has 0 bridgehead atoms. The van der Waals surface area contributed by atoms with Crippen molar-refractivity contribution in [3.05, 3.63) is 71.3 Å². The van der Waals surface area contributed by atoms with Crippen LogP contribution in [0.3, 0.4) is 0 Å². The molecule has 0 aliphatic carbocycles. The number of hydrogen-bond donors (Lipinski definition) is 1. The standard InChI is InChI=1S/C24H31N3O2/c28-24(27-12-4-5-13-27)22-10-8-20(9-11-22)18-25-23(21-6-2-1-3-7-21)19-26-14-16-29-17-15-26/h1-3,6-11,23,25H,4-5,12-19H2/t23-/m0/s1. The van der Waals surface area contributed by atoms with Crippen molar-refractivity contribution in [2.75, 3.05) is 45.9 Å². The molecule has 0 saturated carbocycles. The van der Waals surface area contributed by atoms with Crippen LogP contribution in [0.5, 0.6) is 0 Å². The van der Waals surface area contributed by atoms with Gasteiger partial charge >= 0.3 is 0 Å². The van der Waals surface area contributed by atoms with Crippen LogP contribution >= 0.6 is 0 Å². The van der Waals surface area contributed by atoms with Gasteiger partial charge in [-0.05, 0) is 36.1 Å². The molecule has 2 heterocycles. The minimum Gasteiger partial charge on any atom is -0.379 e. The van der Waals surface area contributed by atoms with Crippen molar-refractivity contribution in [2.24, 2.45) is 0 Å². The Hall–Kier alpha value is -2.21. The predicted octanol–water partition coefficient (Wildman–Crippen LogP) is 3.09. The Bertz CT molecular complexity index is 766. The molecule has 2 aliphatic heterocycles. The van der Waals surface area contributed by atoms with Gasteiger partial charge in [0.05, 0.1) is 13.2 Å². The van der Waals surface area contributed by atoms with Gasteiger partial charge in [-0.1, -0.05) is 42.5 Å². The number of ether oxygens (including phenoxy) is 1. The quantitative estimate of drug-likeness (QED) is 0.785. The van der Waals surface area contributed by atoms with Crippen LogP contribution in [0.25, 0.3) is 0 Å². The molecule has 1 atom stereocenters. The Labute approximate surface area is 173 Å². The number of carbonyl (C=O) groups is 1. The summed E-state index contributed by atoms with van der Waals surface area (Å²) in [4.78, 5) is 16.9. The summed E-state index contributed by atoms with van der Waals surface area (Å²) in [7, 11) is 0. The van der Waals surface area contributed by atoms with Crippen molar-refractivity contribution in [1.29, 1.82) is 0 Å². The van der Waals surface area contributed by atoms with Gasteiger partial charge in [0.15, 0.2) is 0 Å². The van der Waals surface area contributed by atoms with E-state index in [0.717, 1.165) is 70.9 Å². The molecule has 2 fully saturated rings. The predicted molar refractivity (Wildman–Crippen MR) is 115 cm³/mol. The highest BCUT2D eigenvalue weighted by Gasteiger charge is 2.20. The summed E-state index contributed by atoms with van der Waals surface area (Å²) < 4.78 is 5.49. The van der Waals surface area contributed by atoms with Gasteiger partial charge < -0.3 is 15.0 Å². The maximum atomic E-state index is 12.5. The Balaban J connectivity index is 1.38. The fraction of sp³-hybridized carbons (Fsp3) is 0.458. The number of nitrogens with zero attached hydrogens (tertiary/aromatic N) is 2. The van der Waals surface area contributed by atoms with Gasteiger partial charge in [0, 0.05) is 50.9 Å². The Kier molecular flexibility index (Phi) is 6.93. The summed E-state index contributed by atoms with van der Waals surface area (Å²) in [6.45, 7) is 7.13. The average molecular weight is 394 g/mol. The lowest BCUT2D eigenvalue weighted by Gasteiger charge is -2.31. The fourth-order valence-electron chi connectivity index (χ4n) is 4.12. The first-order chi connectivity index (χ1) is 14.3. The molecule has 154 valence electrons. The van der Waals surface area contributed by atoms with E-state index in [0.29, 0.717) is 0 Å². The number of rotatable bonds is 7. The number of hydrogen-bond acceptors (Lipinski definition) is 4. The average Bonchev–Trinajstić information content (AvgIpc) is 3.33. The molecule has 5 nitrogen and oxygen atoms in total. The summed E-state index contributed by atoms with van der Waals surface area (Å²) >= 11 is 0. The first-order valence-electron chi connectivity index (χ1n) is 10.8. The molecule has 5 heteroatoms. The van der Waals surface area contributed by atoms with E-state index in [9.17, 15) is 4.79 Å². The van der Waals surface area contributed by atoms with E-state index in [1.54, 1.807) is 0 Å². The van der Waals surface area contributed by atoms with Crippen LogP contribution in [0, 0.1) is 0 Å². The molecule has 2 aromatic carbocycles. The van der Waals surface area contributed by atoms with E-state index in [4.69, 9.17) is 4.74 Å². The number of carbonyl (C=O) groups excluding carboxylic acids is 1. The first kappa shape index (κ1) is 20.1. The van der Waals surface area contributed by atoms with E-state index in [1.807, 2.05) is 17.0 Å². The number of nitrogens with one attached hydrogen (secondary N) is 1. The molecule has 2 aromatic rings. The molecule has 0 aromatic heterocycles. The van der Waals surface area contributed by atoms with Crippen molar-refractivity contribution in [3.8, 4) is 0 Å². The van der Waals surface area contributed by atoms with Crippen LogP contribution in [-0.2, 0) is 11.3 Å². The van der Waals surface area contributed by atoms with Crippen LogP contribution in [0.1, 0.15) is 40.4 Å². The molecule has 0 spiro atoms. The van der Waals surface area contributed by atoms with E-state index in [2.05, 4.69) is 52.7 Å². The number of likely N-dealkylation sites (tertiary alicyclic amines) is 1. The van der Waals surface area contributed by atoms with E-state index in [1.165, 1.54) is 11.1 Å². The molecule has 2 saturated heterocycles. The summed E-state index contributed by atoms with van der Waals surface area (Å²) in [5.74, 6) is 0.163.